The summed E-state index contributed by atoms with van der Waals surface area (Å²) in [7, 11) is 2.78. The van der Waals surface area contributed by atoms with Crippen molar-refractivity contribution in [3.05, 3.63) is 82.0 Å². The largest absolute Gasteiger partial charge is 0.496 e. The Morgan fingerprint density at radius 2 is 1.94 bits per heavy atom. The second-order valence-electron chi connectivity index (χ2n) is 7.37. The maximum Gasteiger partial charge on any atom is 0.260 e. The van der Waals surface area contributed by atoms with Crippen molar-refractivity contribution in [2.45, 2.75) is 33.1 Å². The lowest BCUT2D eigenvalue weighted by molar-refractivity contribution is 0.209. The lowest BCUT2D eigenvalue weighted by Crippen LogP contribution is -2.03. The normalized spacial score (nSPS) is 11.9. The number of nitriles is 1. The van der Waals surface area contributed by atoms with Crippen molar-refractivity contribution < 1.29 is 18.5 Å². The summed E-state index contributed by atoms with van der Waals surface area (Å²) >= 11 is 0. The van der Waals surface area contributed by atoms with Gasteiger partial charge in [0.05, 0.1) is 24.3 Å². The van der Waals surface area contributed by atoms with Gasteiger partial charge in [0, 0.05) is 6.42 Å². The SMILES string of the molecule is CON=C(F)c1cc(/C(=C\CCCc2nc(C)no2)c2ccc(C#N)cc2)cc(C)c1OC. The van der Waals surface area contributed by atoms with Crippen LogP contribution in [0.15, 0.2) is 52.2 Å². The van der Waals surface area contributed by atoms with Gasteiger partial charge in [0.25, 0.3) is 5.97 Å². The Kier molecular flexibility index (Phi) is 7.92. The molecule has 0 aliphatic carbocycles. The average Bonchev–Trinajstić information content (AvgIpc) is 3.23. The molecule has 170 valence electrons. The van der Waals surface area contributed by atoms with Gasteiger partial charge in [-0.05, 0) is 73.2 Å². The predicted molar refractivity (Wildman–Crippen MR) is 123 cm³/mol. The van der Waals surface area contributed by atoms with Crippen molar-refractivity contribution in [3.63, 3.8) is 0 Å². The van der Waals surface area contributed by atoms with Crippen molar-refractivity contribution in [3.8, 4) is 11.8 Å². The van der Waals surface area contributed by atoms with Gasteiger partial charge < -0.3 is 14.1 Å². The molecule has 0 N–H and O–H groups in total. The minimum absolute atomic E-state index is 0.204. The number of hydrogen-bond donors (Lipinski definition) is 0. The monoisotopic (exact) mass is 448 g/mol. The summed E-state index contributed by atoms with van der Waals surface area (Å²) in [6.07, 6.45) is 4.26. The highest BCUT2D eigenvalue weighted by atomic mass is 19.1. The Morgan fingerprint density at radius 3 is 2.55 bits per heavy atom. The molecule has 0 aliphatic rings. The van der Waals surface area contributed by atoms with Crippen molar-refractivity contribution in [2.75, 3.05) is 14.2 Å². The summed E-state index contributed by atoms with van der Waals surface area (Å²) < 4.78 is 25.3. The summed E-state index contributed by atoms with van der Waals surface area (Å²) in [5.41, 5.74) is 4.13. The molecule has 0 aliphatic heterocycles. The first-order chi connectivity index (χ1) is 16.0. The van der Waals surface area contributed by atoms with Crippen LogP contribution >= 0.6 is 0 Å². The molecule has 0 fully saturated rings. The zero-order valence-corrected chi connectivity index (χ0v) is 19.1. The molecule has 33 heavy (non-hydrogen) atoms. The van der Waals surface area contributed by atoms with Gasteiger partial charge in [0.1, 0.15) is 12.9 Å². The molecule has 8 heteroatoms. The summed E-state index contributed by atoms with van der Waals surface area (Å²) in [6, 6.07) is 13.0. The lowest BCUT2D eigenvalue weighted by atomic mass is 9.92. The van der Waals surface area contributed by atoms with Gasteiger partial charge in [0.15, 0.2) is 5.82 Å². The molecule has 3 aromatic rings. The van der Waals surface area contributed by atoms with E-state index in [0.29, 0.717) is 29.4 Å². The van der Waals surface area contributed by atoms with E-state index < -0.39 is 5.97 Å². The fourth-order valence-electron chi connectivity index (χ4n) is 3.55. The zero-order chi connectivity index (χ0) is 23.8. The molecular weight excluding hydrogens is 423 g/mol. The van der Waals surface area contributed by atoms with Crippen LogP contribution in [0.25, 0.3) is 5.57 Å². The Labute approximate surface area is 192 Å². The highest BCUT2D eigenvalue weighted by molar-refractivity contribution is 5.98. The number of rotatable bonds is 9. The third kappa shape index (κ3) is 5.83. The van der Waals surface area contributed by atoms with Crippen molar-refractivity contribution in [2.24, 2.45) is 5.16 Å². The van der Waals surface area contributed by atoms with E-state index in [9.17, 15) is 4.39 Å². The maximum atomic E-state index is 14.7. The van der Waals surface area contributed by atoms with Crippen LogP contribution < -0.4 is 4.74 Å². The molecule has 2 aromatic carbocycles. The van der Waals surface area contributed by atoms with Gasteiger partial charge in [-0.3, -0.25) is 0 Å². The number of ether oxygens (including phenoxy) is 1. The van der Waals surface area contributed by atoms with E-state index in [0.717, 1.165) is 35.1 Å². The molecular formula is C25H25FN4O3. The first-order valence-electron chi connectivity index (χ1n) is 10.4. The molecule has 0 bridgehead atoms. The van der Waals surface area contributed by atoms with E-state index in [2.05, 4.69) is 32.3 Å². The Hall–Kier alpha value is -3.99. The molecule has 0 saturated heterocycles. The standard InChI is InChI=1S/C25H25FN4O3/c1-16-13-20(14-22(24(16)31-3)25(26)30-32-4)21(19-11-9-18(15-27)10-12-19)7-5-6-8-23-28-17(2)29-33-23/h7,9-14H,5-6,8H2,1-4H3/b21-7-,30-25?. The molecule has 0 amide bonds. The van der Waals surface area contributed by atoms with Crippen LogP contribution in [0, 0.1) is 25.2 Å². The summed E-state index contributed by atoms with van der Waals surface area (Å²) in [5, 5.41) is 16.4. The average molecular weight is 448 g/mol. The van der Waals surface area contributed by atoms with Gasteiger partial charge >= 0.3 is 0 Å². The van der Waals surface area contributed by atoms with Gasteiger partial charge in [-0.2, -0.15) is 14.6 Å². The quantitative estimate of drug-likeness (QED) is 0.251. The maximum absolute atomic E-state index is 14.7. The summed E-state index contributed by atoms with van der Waals surface area (Å²) in [5.74, 6) is 0.828. The van der Waals surface area contributed by atoms with Crippen LogP contribution in [0.5, 0.6) is 5.75 Å². The number of aromatic nitrogens is 2. The van der Waals surface area contributed by atoms with E-state index in [1.165, 1.54) is 14.2 Å². The number of unbranched alkanes of at least 4 members (excludes halogenated alkanes) is 1. The highest BCUT2D eigenvalue weighted by Crippen LogP contribution is 2.33. The number of hydrogen-bond acceptors (Lipinski definition) is 7. The van der Waals surface area contributed by atoms with Crippen molar-refractivity contribution >= 4 is 11.5 Å². The van der Waals surface area contributed by atoms with Crippen LogP contribution in [-0.4, -0.2) is 30.3 Å². The number of halogens is 1. The summed E-state index contributed by atoms with van der Waals surface area (Å²) in [4.78, 5) is 8.86. The fraction of sp³-hybridized carbons (Fsp3) is 0.280. The molecule has 0 unspecified atom stereocenters. The smallest absolute Gasteiger partial charge is 0.260 e. The number of aryl methyl sites for hydroxylation is 3. The molecule has 0 radical (unpaired) electrons. The third-order valence-electron chi connectivity index (χ3n) is 5.02. The number of oxime groups is 1. The van der Waals surface area contributed by atoms with Crippen LogP contribution in [0.2, 0.25) is 0 Å². The molecule has 3 rings (SSSR count). The Balaban J connectivity index is 2.00. The predicted octanol–water partition coefficient (Wildman–Crippen LogP) is 5.30. The van der Waals surface area contributed by atoms with Crippen LogP contribution in [0.1, 0.15) is 52.4 Å². The van der Waals surface area contributed by atoms with E-state index in [1.807, 2.05) is 25.1 Å². The molecule has 0 spiro atoms. The molecule has 0 saturated carbocycles. The molecule has 0 atom stereocenters. The first-order valence-corrected chi connectivity index (χ1v) is 10.4. The lowest BCUT2D eigenvalue weighted by Gasteiger charge is -2.15. The van der Waals surface area contributed by atoms with E-state index in [4.69, 9.17) is 14.5 Å². The molecule has 1 heterocycles. The van der Waals surface area contributed by atoms with E-state index >= 15 is 0 Å². The van der Waals surface area contributed by atoms with Gasteiger partial charge in [-0.15, -0.1) is 0 Å². The number of benzene rings is 2. The number of methoxy groups -OCH3 is 1. The third-order valence-corrected chi connectivity index (χ3v) is 5.02. The summed E-state index contributed by atoms with van der Waals surface area (Å²) in [6.45, 7) is 3.63. The minimum Gasteiger partial charge on any atom is -0.496 e. The van der Waals surface area contributed by atoms with Gasteiger partial charge in [-0.25, -0.2) is 0 Å². The Morgan fingerprint density at radius 1 is 1.18 bits per heavy atom. The highest BCUT2D eigenvalue weighted by Gasteiger charge is 2.17. The number of nitrogens with zero attached hydrogens (tertiary/aromatic N) is 4. The molecule has 1 aromatic heterocycles. The first kappa shape index (κ1) is 23.7. The van der Waals surface area contributed by atoms with Gasteiger partial charge in [0.2, 0.25) is 5.89 Å². The van der Waals surface area contributed by atoms with Gasteiger partial charge in [-0.1, -0.05) is 28.5 Å². The molecule has 7 nitrogen and oxygen atoms in total. The van der Waals surface area contributed by atoms with Crippen LogP contribution in [0.4, 0.5) is 4.39 Å². The van der Waals surface area contributed by atoms with E-state index in [-0.39, 0.29) is 5.56 Å². The fourth-order valence-corrected chi connectivity index (χ4v) is 3.55. The van der Waals surface area contributed by atoms with Crippen molar-refractivity contribution in [1.82, 2.24) is 10.1 Å². The minimum atomic E-state index is -0.773. The number of allylic oxidation sites excluding steroid dienone is 1. The van der Waals surface area contributed by atoms with Crippen LogP contribution in [-0.2, 0) is 11.3 Å². The van der Waals surface area contributed by atoms with E-state index in [1.54, 1.807) is 25.1 Å². The van der Waals surface area contributed by atoms with Crippen LogP contribution in [0.3, 0.4) is 0 Å². The second-order valence-corrected chi connectivity index (χ2v) is 7.37. The topological polar surface area (TPSA) is 93.5 Å². The van der Waals surface area contributed by atoms with Crippen molar-refractivity contribution in [1.29, 1.82) is 5.26 Å². The Bertz CT molecular complexity index is 1210. The second kappa shape index (κ2) is 11.0. The zero-order valence-electron chi connectivity index (χ0n) is 19.1.